The van der Waals surface area contributed by atoms with Gasteiger partial charge in [0.2, 0.25) is 0 Å². The molecule has 0 N–H and O–H groups in total. The van der Waals surface area contributed by atoms with E-state index in [4.69, 9.17) is 4.84 Å². The Balaban J connectivity index is 1.94. The number of esters is 1. The molecule has 0 bridgehead atoms. The van der Waals surface area contributed by atoms with Gasteiger partial charge in [-0.2, -0.15) is 13.2 Å². The minimum absolute atomic E-state index is 0.0189. The number of benzene rings is 2. The van der Waals surface area contributed by atoms with Gasteiger partial charge in [0.1, 0.15) is 0 Å². The largest absolute Gasteiger partial charge is 0.465 e. The van der Waals surface area contributed by atoms with Crippen LogP contribution in [0.25, 0.3) is 0 Å². The van der Waals surface area contributed by atoms with Crippen molar-refractivity contribution in [2.75, 3.05) is 7.11 Å². The number of ether oxygens (including phenoxy) is 1. The van der Waals surface area contributed by atoms with Gasteiger partial charge in [-0.25, -0.2) is 18.0 Å². The molecule has 0 saturated carbocycles. The van der Waals surface area contributed by atoms with Crippen molar-refractivity contribution >= 4 is 11.7 Å². The molecule has 1 aliphatic rings. The molecule has 3 rings (SSSR count). The summed E-state index contributed by atoms with van der Waals surface area (Å²) in [6.45, 7) is 0. The number of halogens is 6. The fourth-order valence-corrected chi connectivity index (χ4v) is 2.73. The highest BCUT2D eigenvalue weighted by molar-refractivity contribution is 6.09. The molecule has 148 valence electrons. The zero-order chi connectivity index (χ0) is 20.6. The zero-order valence-corrected chi connectivity index (χ0v) is 14.1. The van der Waals surface area contributed by atoms with Gasteiger partial charge in [0.15, 0.2) is 23.6 Å². The SMILES string of the molecule is COC(=O)c1cc(C(F)(F)F)ccc1C1=NOC(c2cc(F)c(F)c(F)c2)C1. The van der Waals surface area contributed by atoms with Crippen molar-refractivity contribution in [3.05, 3.63) is 70.0 Å². The first-order chi connectivity index (χ1) is 13.1. The van der Waals surface area contributed by atoms with Gasteiger partial charge >= 0.3 is 12.1 Å². The van der Waals surface area contributed by atoms with Crippen molar-refractivity contribution in [3.63, 3.8) is 0 Å². The summed E-state index contributed by atoms with van der Waals surface area (Å²) < 4.78 is 83.2. The van der Waals surface area contributed by atoms with Crippen molar-refractivity contribution < 1.29 is 40.7 Å². The van der Waals surface area contributed by atoms with Gasteiger partial charge in [-0.1, -0.05) is 11.2 Å². The van der Waals surface area contributed by atoms with Gasteiger partial charge in [0.25, 0.3) is 0 Å². The van der Waals surface area contributed by atoms with Crippen molar-refractivity contribution in [2.45, 2.75) is 18.7 Å². The lowest BCUT2D eigenvalue weighted by Gasteiger charge is -2.12. The Hall–Kier alpha value is -3.04. The molecule has 28 heavy (non-hydrogen) atoms. The van der Waals surface area contributed by atoms with Crippen molar-refractivity contribution in [3.8, 4) is 0 Å². The molecule has 4 nitrogen and oxygen atoms in total. The number of rotatable bonds is 3. The summed E-state index contributed by atoms with van der Waals surface area (Å²) in [7, 11) is 1.01. The first-order valence-corrected chi connectivity index (χ1v) is 7.79. The standard InChI is InChI=1S/C18H11F6NO3/c1-27-17(26)11-6-9(18(22,23)24)2-3-10(11)14-7-15(28-25-14)8-4-12(19)16(21)13(20)5-8/h2-6,15H,7H2,1H3. The van der Waals surface area contributed by atoms with Crippen molar-refractivity contribution in [2.24, 2.45) is 5.16 Å². The third kappa shape index (κ3) is 3.67. The van der Waals surface area contributed by atoms with Crippen LogP contribution in [0, 0.1) is 17.5 Å². The molecule has 0 saturated heterocycles. The van der Waals surface area contributed by atoms with E-state index < -0.39 is 46.8 Å². The Morgan fingerprint density at radius 2 is 1.79 bits per heavy atom. The minimum Gasteiger partial charge on any atom is -0.465 e. The van der Waals surface area contributed by atoms with E-state index in [2.05, 4.69) is 9.89 Å². The van der Waals surface area contributed by atoms with Crippen LogP contribution < -0.4 is 0 Å². The molecule has 0 fully saturated rings. The highest BCUT2D eigenvalue weighted by Gasteiger charge is 2.34. The van der Waals surface area contributed by atoms with Crippen LogP contribution in [0.4, 0.5) is 26.3 Å². The molecule has 1 aliphatic heterocycles. The van der Waals surface area contributed by atoms with Gasteiger partial charge < -0.3 is 9.57 Å². The predicted molar refractivity (Wildman–Crippen MR) is 84.1 cm³/mol. The number of methoxy groups -OCH3 is 1. The van der Waals surface area contributed by atoms with Crippen LogP contribution in [-0.2, 0) is 15.8 Å². The molecule has 0 aliphatic carbocycles. The molecule has 0 spiro atoms. The van der Waals surface area contributed by atoms with Gasteiger partial charge in [-0.15, -0.1) is 0 Å². The average Bonchev–Trinajstić information content (AvgIpc) is 3.13. The van der Waals surface area contributed by atoms with Crippen molar-refractivity contribution in [1.82, 2.24) is 0 Å². The van der Waals surface area contributed by atoms with E-state index in [0.717, 1.165) is 31.4 Å². The van der Waals surface area contributed by atoms with E-state index in [1.807, 2.05) is 0 Å². The van der Waals surface area contributed by atoms with E-state index in [1.165, 1.54) is 0 Å². The van der Waals surface area contributed by atoms with E-state index in [9.17, 15) is 31.1 Å². The predicted octanol–water partition coefficient (Wildman–Crippen LogP) is 4.78. The smallest absolute Gasteiger partial charge is 0.416 e. The van der Waals surface area contributed by atoms with Crippen LogP contribution in [0.1, 0.15) is 39.6 Å². The van der Waals surface area contributed by atoms with E-state index in [1.54, 1.807) is 0 Å². The van der Waals surface area contributed by atoms with Crippen LogP contribution in [-0.4, -0.2) is 18.8 Å². The van der Waals surface area contributed by atoms with Crippen LogP contribution in [0.2, 0.25) is 0 Å². The lowest BCUT2D eigenvalue weighted by molar-refractivity contribution is -0.137. The Labute approximate surface area is 154 Å². The number of alkyl halides is 3. The molecule has 2 aromatic carbocycles. The molecule has 1 atom stereocenters. The fourth-order valence-electron chi connectivity index (χ4n) is 2.73. The summed E-state index contributed by atoms with van der Waals surface area (Å²) in [5, 5.41) is 3.70. The quantitative estimate of drug-likeness (QED) is 0.421. The maximum atomic E-state index is 13.4. The molecule has 1 heterocycles. The van der Waals surface area contributed by atoms with Gasteiger partial charge in [-0.3, -0.25) is 0 Å². The fraction of sp³-hybridized carbons (Fsp3) is 0.222. The topological polar surface area (TPSA) is 47.9 Å². The first kappa shape index (κ1) is 19.7. The lowest BCUT2D eigenvalue weighted by Crippen LogP contribution is -2.14. The van der Waals surface area contributed by atoms with Gasteiger partial charge in [-0.05, 0) is 24.3 Å². The summed E-state index contributed by atoms with van der Waals surface area (Å²) >= 11 is 0. The molecule has 1 unspecified atom stereocenters. The molecular formula is C18H11F6NO3. The highest BCUT2D eigenvalue weighted by Crippen LogP contribution is 2.35. The molecule has 10 heteroatoms. The number of hydrogen-bond donors (Lipinski definition) is 0. The van der Waals surface area contributed by atoms with E-state index >= 15 is 0 Å². The van der Waals surface area contributed by atoms with E-state index in [-0.39, 0.29) is 23.3 Å². The molecular weight excluding hydrogens is 392 g/mol. The second-order valence-electron chi connectivity index (χ2n) is 5.88. The maximum absolute atomic E-state index is 13.4. The van der Waals surface area contributed by atoms with Crippen LogP contribution in [0.5, 0.6) is 0 Å². The first-order valence-electron chi connectivity index (χ1n) is 7.79. The number of carbonyl (C=O) groups excluding carboxylic acids is 1. The minimum atomic E-state index is -4.68. The number of hydrogen-bond acceptors (Lipinski definition) is 4. The molecule has 0 aromatic heterocycles. The zero-order valence-electron chi connectivity index (χ0n) is 14.1. The van der Waals surface area contributed by atoms with Crippen LogP contribution in [0.3, 0.4) is 0 Å². The van der Waals surface area contributed by atoms with E-state index in [0.29, 0.717) is 6.07 Å². The summed E-state index contributed by atoms with van der Waals surface area (Å²) in [6, 6.07) is 3.87. The lowest BCUT2D eigenvalue weighted by atomic mass is 9.95. The highest BCUT2D eigenvalue weighted by atomic mass is 19.4. The Morgan fingerprint density at radius 1 is 1.14 bits per heavy atom. The Kier molecular flexibility index (Phi) is 5.05. The van der Waals surface area contributed by atoms with Crippen LogP contribution in [0.15, 0.2) is 35.5 Å². The molecule has 2 aromatic rings. The van der Waals surface area contributed by atoms with Gasteiger partial charge in [0, 0.05) is 17.5 Å². The monoisotopic (exact) mass is 403 g/mol. The van der Waals surface area contributed by atoms with Crippen molar-refractivity contribution in [1.29, 1.82) is 0 Å². The number of oxime groups is 1. The van der Waals surface area contributed by atoms with Gasteiger partial charge in [0.05, 0.1) is 23.9 Å². The van der Waals surface area contributed by atoms with Crippen LogP contribution >= 0.6 is 0 Å². The normalized spacial score (nSPS) is 16.5. The summed E-state index contributed by atoms with van der Waals surface area (Å²) in [5.41, 5.74) is -1.41. The number of carbonyl (C=O) groups is 1. The third-order valence-corrected chi connectivity index (χ3v) is 4.11. The third-order valence-electron chi connectivity index (χ3n) is 4.11. The summed E-state index contributed by atoms with van der Waals surface area (Å²) in [6.07, 6.45) is -5.80. The number of nitrogens with zero attached hydrogens (tertiary/aromatic N) is 1. The summed E-state index contributed by atoms with van der Waals surface area (Å²) in [4.78, 5) is 17.0. The second kappa shape index (κ2) is 7.17. The second-order valence-corrected chi connectivity index (χ2v) is 5.88. The summed E-state index contributed by atoms with van der Waals surface area (Å²) in [5.74, 6) is -5.50. The molecule has 0 radical (unpaired) electrons. The Bertz CT molecular complexity index is 947. The Morgan fingerprint density at radius 3 is 2.36 bits per heavy atom. The molecule has 0 amide bonds. The average molecular weight is 403 g/mol. The maximum Gasteiger partial charge on any atom is 0.416 e.